The molecule has 1 N–H and O–H groups in total. The van der Waals surface area contributed by atoms with Gasteiger partial charge in [0.25, 0.3) is 0 Å². The molecular weight excluding hydrogens is 298 g/mol. The maximum atomic E-state index is 12.2. The first-order chi connectivity index (χ1) is 11.0. The van der Waals surface area contributed by atoms with Crippen LogP contribution in [-0.2, 0) is 4.79 Å². The number of nitrogens with one attached hydrogen (secondary N) is 1. The molecule has 1 atom stereocenters. The number of aromatic nitrogens is 3. The van der Waals surface area contributed by atoms with E-state index in [-0.39, 0.29) is 24.4 Å². The number of rotatable bonds is 5. The fraction of sp³-hybridized carbons (Fsp3) is 0.600. The van der Waals surface area contributed by atoms with Gasteiger partial charge < -0.3 is 14.4 Å². The fourth-order valence-corrected chi connectivity index (χ4v) is 2.72. The molecule has 0 aromatic carbocycles. The van der Waals surface area contributed by atoms with Crippen LogP contribution in [0.3, 0.4) is 0 Å². The van der Waals surface area contributed by atoms with Crippen LogP contribution in [0.5, 0.6) is 0 Å². The van der Waals surface area contributed by atoms with Crippen molar-refractivity contribution in [3.05, 3.63) is 23.5 Å². The van der Waals surface area contributed by atoms with Gasteiger partial charge >= 0.3 is 0 Å². The van der Waals surface area contributed by atoms with Gasteiger partial charge in [-0.1, -0.05) is 24.2 Å². The second-order valence-electron chi connectivity index (χ2n) is 6.14. The summed E-state index contributed by atoms with van der Waals surface area (Å²) < 4.78 is 10.2. The highest BCUT2D eigenvalue weighted by molar-refractivity contribution is 5.91. The van der Waals surface area contributed by atoms with Crippen LogP contribution in [-0.4, -0.2) is 39.2 Å². The number of anilines is 1. The summed E-state index contributed by atoms with van der Waals surface area (Å²) in [4.78, 5) is 18.7. The zero-order valence-electron chi connectivity index (χ0n) is 13.6. The molecule has 1 saturated heterocycles. The van der Waals surface area contributed by atoms with Crippen LogP contribution >= 0.6 is 0 Å². The molecule has 1 fully saturated rings. The van der Waals surface area contributed by atoms with E-state index < -0.39 is 0 Å². The molecular formula is C15H21N5O3. The molecule has 0 spiro atoms. The topological polar surface area (TPSA) is 97.3 Å². The van der Waals surface area contributed by atoms with Gasteiger partial charge in [0, 0.05) is 12.0 Å². The SMILES string of the molecule is Cc1cc(NC(=O)CN2CCCC2c2noc(C(C)C)n2)no1. The summed E-state index contributed by atoms with van der Waals surface area (Å²) >= 11 is 0. The first-order valence-electron chi connectivity index (χ1n) is 7.83. The molecule has 1 unspecified atom stereocenters. The number of carbonyl (C=O) groups excluding carboxylic acids is 1. The molecule has 3 rings (SSSR count). The summed E-state index contributed by atoms with van der Waals surface area (Å²) in [6.45, 7) is 6.90. The maximum Gasteiger partial charge on any atom is 0.239 e. The normalized spacial score (nSPS) is 18.7. The number of hydrogen-bond donors (Lipinski definition) is 1. The third-order valence-electron chi connectivity index (χ3n) is 3.86. The number of aryl methyl sites for hydroxylation is 1. The molecule has 124 valence electrons. The number of hydrogen-bond acceptors (Lipinski definition) is 7. The molecule has 0 saturated carbocycles. The average Bonchev–Trinajstić information content (AvgIpc) is 3.19. The van der Waals surface area contributed by atoms with Crippen molar-refractivity contribution in [1.82, 2.24) is 20.2 Å². The highest BCUT2D eigenvalue weighted by Gasteiger charge is 2.31. The van der Waals surface area contributed by atoms with E-state index >= 15 is 0 Å². The van der Waals surface area contributed by atoms with E-state index in [1.807, 2.05) is 13.8 Å². The van der Waals surface area contributed by atoms with E-state index in [9.17, 15) is 4.79 Å². The Bertz CT molecular complexity index is 678. The minimum Gasteiger partial charge on any atom is -0.360 e. The Hall–Kier alpha value is -2.22. The minimum atomic E-state index is -0.127. The van der Waals surface area contributed by atoms with Gasteiger partial charge in [0.1, 0.15) is 5.76 Å². The monoisotopic (exact) mass is 319 g/mol. The molecule has 1 amide bonds. The predicted molar refractivity (Wildman–Crippen MR) is 81.8 cm³/mol. The lowest BCUT2D eigenvalue weighted by Gasteiger charge is -2.20. The van der Waals surface area contributed by atoms with Crippen LogP contribution in [0, 0.1) is 6.92 Å². The van der Waals surface area contributed by atoms with E-state index in [0.29, 0.717) is 23.3 Å². The van der Waals surface area contributed by atoms with Crippen molar-refractivity contribution >= 4 is 11.7 Å². The van der Waals surface area contributed by atoms with Crippen molar-refractivity contribution in [1.29, 1.82) is 0 Å². The van der Waals surface area contributed by atoms with Gasteiger partial charge in [-0.3, -0.25) is 9.69 Å². The highest BCUT2D eigenvalue weighted by Crippen LogP contribution is 2.30. The van der Waals surface area contributed by atoms with Crippen LogP contribution in [0.1, 0.15) is 56.1 Å². The Morgan fingerprint density at radius 2 is 2.26 bits per heavy atom. The van der Waals surface area contributed by atoms with Crippen molar-refractivity contribution in [2.75, 3.05) is 18.4 Å². The van der Waals surface area contributed by atoms with Crippen LogP contribution in [0.4, 0.5) is 5.82 Å². The molecule has 3 heterocycles. The summed E-state index contributed by atoms with van der Waals surface area (Å²) in [5, 5.41) is 10.6. The lowest BCUT2D eigenvalue weighted by Crippen LogP contribution is -2.33. The van der Waals surface area contributed by atoms with Crippen molar-refractivity contribution in [3.8, 4) is 0 Å². The quantitative estimate of drug-likeness (QED) is 0.902. The zero-order chi connectivity index (χ0) is 16.4. The largest absolute Gasteiger partial charge is 0.360 e. The van der Waals surface area contributed by atoms with Crippen molar-refractivity contribution < 1.29 is 13.8 Å². The summed E-state index contributed by atoms with van der Waals surface area (Å²) in [5.74, 6) is 2.46. The van der Waals surface area contributed by atoms with Gasteiger partial charge in [0.2, 0.25) is 11.8 Å². The number of nitrogens with zero attached hydrogens (tertiary/aromatic N) is 4. The molecule has 0 radical (unpaired) electrons. The van der Waals surface area contributed by atoms with Gasteiger partial charge in [-0.15, -0.1) is 0 Å². The molecule has 23 heavy (non-hydrogen) atoms. The molecule has 0 aliphatic carbocycles. The van der Waals surface area contributed by atoms with E-state index in [2.05, 4.69) is 25.5 Å². The second kappa shape index (κ2) is 6.49. The average molecular weight is 319 g/mol. The fourth-order valence-electron chi connectivity index (χ4n) is 2.72. The Morgan fingerprint density at radius 1 is 1.43 bits per heavy atom. The molecule has 0 bridgehead atoms. The Morgan fingerprint density at radius 3 is 2.91 bits per heavy atom. The summed E-state index contributed by atoms with van der Waals surface area (Å²) in [5.41, 5.74) is 0. The van der Waals surface area contributed by atoms with Gasteiger partial charge in [0.15, 0.2) is 11.6 Å². The van der Waals surface area contributed by atoms with Crippen LogP contribution in [0.15, 0.2) is 15.1 Å². The van der Waals surface area contributed by atoms with Crippen molar-refractivity contribution in [2.24, 2.45) is 0 Å². The number of likely N-dealkylation sites (tertiary alicyclic amines) is 1. The van der Waals surface area contributed by atoms with Crippen molar-refractivity contribution in [2.45, 2.75) is 45.6 Å². The molecule has 8 nitrogen and oxygen atoms in total. The van der Waals surface area contributed by atoms with Crippen LogP contribution in [0.2, 0.25) is 0 Å². The third kappa shape index (κ3) is 3.58. The van der Waals surface area contributed by atoms with E-state index in [1.54, 1.807) is 13.0 Å². The minimum absolute atomic E-state index is 0.0241. The van der Waals surface area contributed by atoms with Gasteiger partial charge in [-0.2, -0.15) is 4.98 Å². The van der Waals surface area contributed by atoms with Gasteiger partial charge in [-0.25, -0.2) is 0 Å². The zero-order valence-corrected chi connectivity index (χ0v) is 13.6. The molecule has 8 heteroatoms. The Balaban J connectivity index is 1.63. The predicted octanol–water partition coefficient (Wildman–Crippen LogP) is 2.27. The Labute approximate surface area is 134 Å². The first kappa shape index (κ1) is 15.7. The molecule has 1 aliphatic heterocycles. The van der Waals surface area contributed by atoms with E-state index in [0.717, 1.165) is 19.4 Å². The maximum absolute atomic E-state index is 12.2. The summed E-state index contributed by atoms with van der Waals surface area (Å²) in [6.07, 6.45) is 1.93. The smallest absolute Gasteiger partial charge is 0.239 e. The first-order valence-corrected chi connectivity index (χ1v) is 7.83. The number of carbonyl (C=O) groups is 1. The highest BCUT2D eigenvalue weighted by atomic mass is 16.5. The van der Waals surface area contributed by atoms with E-state index in [1.165, 1.54) is 0 Å². The standard InChI is InChI=1S/C15H21N5O3/c1-9(2)15-17-14(19-23-15)11-5-4-6-20(11)8-13(21)16-12-7-10(3)22-18-12/h7,9,11H,4-6,8H2,1-3H3,(H,16,18,21). The van der Waals surface area contributed by atoms with E-state index in [4.69, 9.17) is 9.05 Å². The Kier molecular flexibility index (Phi) is 4.42. The van der Waals surface area contributed by atoms with Gasteiger partial charge in [0.05, 0.1) is 12.6 Å². The summed E-state index contributed by atoms with van der Waals surface area (Å²) in [6, 6.07) is 1.71. The molecule has 2 aromatic heterocycles. The second-order valence-corrected chi connectivity index (χ2v) is 6.14. The molecule has 1 aliphatic rings. The van der Waals surface area contributed by atoms with Crippen LogP contribution < -0.4 is 5.32 Å². The van der Waals surface area contributed by atoms with Crippen molar-refractivity contribution in [3.63, 3.8) is 0 Å². The van der Waals surface area contributed by atoms with Gasteiger partial charge in [-0.05, 0) is 26.3 Å². The molecule has 2 aromatic rings. The lowest BCUT2D eigenvalue weighted by molar-refractivity contribution is -0.117. The third-order valence-corrected chi connectivity index (χ3v) is 3.86. The lowest BCUT2D eigenvalue weighted by atomic mass is 10.2. The summed E-state index contributed by atoms with van der Waals surface area (Å²) in [7, 11) is 0. The van der Waals surface area contributed by atoms with Crippen LogP contribution in [0.25, 0.3) is 0 Å². The number of amides is 1.